The molecule has 8 heteroatoms. The molecule has 0 aliphatic carbocycles. The van der Waals surface area contributed by atoms with Gasteiger partial charge in [0.1, 0.15) is 11.5 Å². The number of hydrogen-bond acceptors (Lipinski definition) is 4. The van der Waals surface area contributed by atoms with Crippen LogP contribution < -0.4 is 4.80 Å². The topological polar surface area (TPSA) is 60.4 Å². The molecular weight excluding hydrogens is 504 g/mol. The Hall–Kier alpha value is -4.43. The van der Waals surface area contributed by atoms with E-state index in [0.717, 1.165) is 23.7 Å². The van der Waals surface area contributed by atoms with Crippen molar-refractivity contribution in [1.82, 2.24) is 4.57 Å². The number of thiazole rings is 1. The van der Waals surface area contributed by atoms with Crippen LogP contribution in [0.3, 0.4) is 0 Å². The van der Waals surface area contributed by atoms with Gasteiger partial charge in [0.05, 0.1) is 10.6 Å². The molecule has 5 nitrogen and oxygen atoms in total. The Balaban J connectivity index is 1.58. The van der Waals surface area contributed by atoms with E-state index < -0.39 is 16.6 Å². The highest BCUT2D eigenvalue weighted by molar-refractivity contribution is 7.07. The number of hydrogen-bond donors (Lipinski definition) is 0. The quantitative estimate of drug-likeness (QED) is 0.152. The molecule has 1 heterocycles. The number of rotatable bonds is 8. The molecule has 0 unspecified atom stereocenters. The number of halogens is 2. The van der Waals surface area contributed by atoms with Crippen LogP contribution in [0.1, 0.15) is 23.5 Å². The van der Waals surface area contributed by atoms with Crippen LogP contribution in [0, 0.1) is 21.7 Å². The lowest BCUT2D eigenvalue weighted by Crippen LogP contribution is -2.18. The van der Waals surface area contributed by atoms with E-state index in [9.17, 15) is 18.9 Å². The van der Waals surface area contributed by atoms with Crippen LogP contribution in [0.25, 0.3) is 11.3 Å². The van der Waals surface area contributed by atoms with Gasteiger partial charge in [-0.25, -0.2) is 13.8 Å². The van der Waals surface area contributed by atoms with Crippen molar-refractivity contribution in [3.05, 3.63) is 146 Å². The van der Waals surface area contributed by atoms with Crippen LogP contribution in [0.5, 0.6) is 0 Å². The second kappa shape index (κ2) is 11.3. The third-order valence-corrected chi connectivity index (χ3v) is 7.21. The summed E-state index contributed by atoms with van der Waals surface area (Å²) >= 11 is 1.33. The predicted octanol–water partition coefficient (Wildman–Crippen LogP) is 7.86. The van der Waals surface area contributed by atoms with Gasteiger partial charge >= 0.3 is 0 Å². The number of nitrogens with zero attached hydrogens (tertiary/aromatic N) is 3. The fourth-order valence-electron chi connectivity index (χ4n) is 4.45. The van der Waals surface area contributed by atoms with Crippen LogP contribution in [0.15, 0.2) is 114 Å². The summed E-state index contributed by atoms with van der Waals surface area (Å²) in [7, 11) is 0. The molecule has 0 atom stereocenters. The Bertz CT molecular complexity index is 1580. The summed E-state index contributed by atoms with van der Waals surface area (Å²) in [6, 6.07) is 30.1. The highest BCUT2D eigenvalue weighted by atomic mass is 32.1. The molecule has 0 N–H and O–H groups in total. The molecule has 0 aliphatic heterocycles. The largest absolute Gasteiger partial charge is 0.316 e. The summed E-state index contributed by atoms with van der Waals surface area (Å²) in [6.07, 6.45) is 0.726. The normalized spacial score (nSPS) is 11.7. The summed E-state index contributed by atoms with van der Waals surface area (Å²) in [5.41, 5.74) is 3.99. The first kappa shape index (κ1) is 25.2. The second-order valence-corrected chi connectivity index (χ2v) is 9.57. The maximum Gasteiger partial charge on any atom is 0.269 e. The molecule has 0 bridgehead atoms. The molecule has 0 amide bonds. The first-order chi connectivity index (χ1) is 18.5. The van der Waals surface area contributed by atoms with Gasteiger partial charge in [-0.2, -0.15) is 0 Å². The standard InChI is InChI=1S/C30H23F2N3O2S/c31-24-13-16-28(27(32)19-24)33-30-34(29(20-38-30)23-11-14-25(15-12-23)35(36)37)18-17-26(21-7-3-1-4-8-21)22-9-5-2-6-10-22/h1-16,19-20,26H,17-18H2. The fourth-order valence-corrected chi connectivity index (χ4v) is 5.40. The van der Waals surface area contributed by atoms with Crippen LogP contribution in [-0.2, 0) is 6.54 Å². The molecule has 38 heavy (non-hydrogen) atoms. The zero-order chi connectivity index (χ0) is 26.5. The highest BCUT2D eigenvalue weighted by Gasteiger charge is 2.17. The van der Waals surface area contributed by atoms with Gasteiger partial charge in [-0.05, 0) is 47.4 Å². The molecule has 190 valence electrons. The molecular formula is C30H23F2N3O2S. The summed E-state index contributed by atoms with van der Waals surface area (Å²) in [5.74, 6) is -1.31. The molecule has 0 saturated carbocycles. The first-order valence-electron chi connectivity index (χ1n) is 12.0. The lowest BCUT2D eigenvalue weighted by atomic mass is 9.88. The average Bonchev–Trinajstić information content (AvgIpc) is 3.34. The summed E-state index contributed by atoms with van der Waals surface area (Å²) in [6.45, 7) is 0.548. The van der Waals surface area contributed by atoms with E-state index in [1.165, 1.54) is 46.7 Å². The molecule has 0 saturated heterocycles. The maximum absolute atomic E-state index is 14.5. The van der Waals surface area contributed by atoms with Gasteiger partial charge in [0.2, 0.25) is 0 Å². The molecule has 1 aromatic heterocycles. The third-order valence-electron chi connectivity index (χ3n) is 6.34. The second-order valence-electron chi connectivity index (χ2n) is 8.73. The number of non-ortho nitro benzene ring substituents is 1. The minimum absolute atomic E-state index is 0.00189. The number of nitro groups is 1. The van der Waals surface area contributed by atoms with Crippen molar-refractivity contribution in [2.45, 2.75) is 18.9 Å². The molecule has 0 fully saturated rings. The van der Waals surface area contributed by atoms with Gasteiger partial charge in [0.25, 0.3) is 5.69 Å². The van der Waals surface area contributed by atoms with Crippen molar-refractivity contribution in [2.24, 2.45) is 4.99 Å². The van der Waals surface area contributed by atoms with Crippen LogP contribution in [-0.4, -0.2) is 9.49 Å². The zero-order valence-electron chi connectivity index (χ0n) is 20.2. The summed E-state index contributed by atoms with van der Waals surface area (Å²) in [4.78, 5) is 15.8. The predicted molar refractivity (Wildman–Crippen MR) is 145 cm³/mol. The van der Waals surface area contributed by atoms with Gasteiger partial charge in [0, 0.05) is 36.0 Å². The van der Waals surface area contributed by atoms with Crippen molar-refractivity contribution < 1.29 is 13.7 Å². The highest BCUT2D eigenvalue weighted by Crippen LogP contribution is 2.30. The van der Waals surface area contributed by atoms with Gasteiger partial charge in [-0.1, -0.05) is 60.7 Å². The number of nitro benzene ring substituents is 1. The van der Waals surface area contributed by atoms with Crippen molar-refractivity contribution in [3.63, 3.8) is 0 Å². The van der Waals surface area contributed by atoms with E-state index in [-0.39, 0.29) is 17.3 Å². The summed E-state index contributed by atoms with van der Waals surface area (Å²) < 4.78 is 29.9. The molecule has 0 radical (unpaired) electrons. The van der Waals surface area contributed by atoms with Crippen molar-refractivity contribution in [1.29, 1.82) is 0 Å². The molecule has 5 aromatic rings. The Morgan fingerprint density at radius 2 is 1.50 bits per heavy atom. The smallest absolute Gasteiger partial charge is 0.269 e. The lowest BCUT2D eigenvalue weighted by molar-refractivity contribution is -0.384. The fraction of sp³-hybridized carbons (Fsp3) is 0.100. The van der Waals surface area contributed by atoms with Crippen molar-refractivity contribution in [2.75, 3.05) is 0 Å². The zero-order valence-corrected chi connectivity index (χ0v) is 21.0. The Labute approximate surface area is 222 Å². The average molecular weight is 528 g/mol. The number of benzene rings is 4. The van der Waals surface area contributed by atoms with E-state index >= 15 is 0 Å². The SMILES string of the molecule is O=[N+]([O-])c1ccc(-c2csc(=Nc3ccc(F)cc3F)n2CCC(c2ccccc2)c2ccccc2)cc1. The van der Waals surface area contributed by atoms with E-state index in [0.29, 0.717) is 11.3 Å². The van der Waals surface area contributed by atoms with E-state index in [4.69, 9.17) is 0 Å². The minimum Gasteiger partial charge on any atom is -0.316 e. The van der Waals surface area contributed by atoms with Crippen molar-refractivity contribution >= 4 is 22.7 Å². The van der Waals surface area contributed by atoms with Crippen LogP contribution in [0.4, 0.5) is 20.2 Å². The van der Waals surface area contributed by atoms with E-state index in [1.807, 2.05) is 46.3 Å². The molecule has 5 rings (SSSR count). The monoisotopic (exact) mass is 527 g/mol. The summed E-state index contributed by atoms with van der Waals surface area (Å²) in [5, 5.41) is 13.1. The van der Waals surface area contributed by atoms with E-state index in [2.05, 4.69) is 29.3 Å². The lowest BCUT2D eigenvalue weighted by Gasteiger charge is -2.19. The van der Waals surface area contributed by atoms with Gasteiger partial charge in [-0.3, -0.25) is 10.1 Å². The van der Waals surface area contributed by atoms with Crippen LogP contribution in [0.2, 0.25) is 0 Å². The van der Waals surface area contributed by atoms with Crippen molar-refractivity contribution in [3.8, 4) is 11.3 Å². The third kappa shape index (κ3) is 5.60. The first-order valence-corrected chi connectivity index (χ1v) is 12.9. The molecule has 0 aliphatic rings. The molecule has 4 aromatic carbocycles. The Kier molecular flexibility index (Phi) is 7.51. The van der Waals surface area contributed by atoms with E-state index in [1.54, 1.807) is 12.1 Å². The number of aromatic nitrogens is 1. The van der Waals surface area contributed by atoms with Gasteiger partial charge in [0.15, 0.2) is 10.6 Å². The maximum atomic E-state index is 14.5. The van der Waals surface area contributed by atoms with Gasteiger partial charge in [-0.15, -0.1) is 11.3 Å². The van der Waals surface area contributed by atoms with Gasteiger partial charge < -0.3 is 4.57 Å². The Morgan fingerprint density at radius 3 is 2.08 bits per heavy atom. The molecule has 0 spiro atoms. The van der Waals surface area contributed by atoms with Crippen LogP contribution >= 0.6 is 11.3 Å². The minimum atomic E-state index is -0.742. The Morgan fingerprint density at radius 1 is 0.868 bits per heavy atom.